The number of para-hydroxylation sites is 1. The molecule has 0 saturated carbocycles. The molecule has 1 aliphatic rings. The smallest absolute Gasteiger partial charge is 0.308 e. The van der Waals surface area contributed by atoms with E-state index in [1.54, 1.807) is 23.1 Å². The third-order valence-corrected chi connectivity index (χ3v) is 5.19. The molecule has 2 aromatic rings. The first kappa shape index (κ1) is 19.9. The Hall–Kier alpha value is -2.87. The van der Waals surface area contributed by atoms with E-state index < -0.39 is 24.3 Å². The van der Waals surface area contributed by atoms with Crippen LogP contribution in [-0.2, 0) is 25.7 Å². The molecule has 0 saturated heterocycles. The Morgan fingerprint density at radius 3 is 2.71 bits per heavy atom. The fourth-order valence-electron chi connectivity index (χ4n) is 2.71. The molecule has 8 heteroatoms. The first-order valence-corrected chi connectivity index (χ1v) is 9.71. The number of nitrogens with zero attached hydrogens (tertiary/aromatic N) is 1. The van der Waals surface area contributed by atoms with E-state index in [2.05, 4.69) is 5.32 Å². The SMILES string of the molecule is O=C(COC(=O)CCN1C(=O)CSc2ccccc21)NCc1ccccc1F. The molecule has 0 spiro atoms. The van der Waals surface area contributed by atoms with Gasteiger partial charge in [-0.05, 0) is 18.2 Å². The summed E-state index contributed by atoms with van der Waals surface area (Å²) in [5.74, 6) is -1.26. The van der Waals surface area contributed by atoms with Gasteiger partial charge in [0.15, 0.2) is 6.61 Å². The van der Waals surface area contributed by atoms with Crippen LogP contribution in [0.5, 0.6) is 0 Å². The number of halogens is 1. The molecule has 6 nitrogen and oxygen atoms in total. The molecule has 0 aliphatic carbocycles. The highest BCUT2D eigenvalue weighted by Crippen LogP contribution is 2.34. The highest BCUT2D eigenvalue weighted by molar-refractivity contribution is 8.00. The molecule has 1 aliphatic heterocycles. The van der Waals surface area contributed by atoms with Gasteiger partial charge in [-0.25, -0.2) is 4.39 Å². The lowest BCUT2D eigenvalue weighted by molar-refractivity contribution is -0.148. The summed E-state index contributed by atoms with van der Waals surface area (Å²) in [6.07, 6.45) is -0.0225. The zero-order chi connectivity index (χ0) is 19.9. The van der Waals surface area contributed by atoms with Gasteiger partial charge in [0.2, 0.25) is 5.91 Å². The van der Waals surface area contributed by atoms with Gasteiger partial charge in [0.25, 0.3) is 5.91 Å². The molecule has 1 heterocycles. The van der Waals surface area contributed by atoms with Crippen LogP contribution in [0.4, 0.5) is 10.1 Å². The van der Waals surface area contributed by atoms with Crippen molar-refractivity contribution in [2.75, 3.05) is 23.8 Å². The van der Waals surface area contributed by atoms with Crippen LogP contribution in [0.25, 0.3) is 0 Å². The number of ether oxygens (including phenoxy) is 1. The normalized spacial score (nSPS) is 13.0. The van der Waals surface area contributed by atoms with Gasteiger partial charge in [0.1, 0.15) is 5.82 Å². The molecule has 0 unspecified atom stereocenters. The summed E-state index contributed by atoms with van der Waals surface area (Å²) in [4.78, 5) is 38.4. The Morgan fingerprint density at radius 1 is 1.14 bits per heavy atom. The van der Waals surface area contributed by atoms with Gasteiger partial charge >= 0.3 is 5.97 Å². The minimum absolute atomic E-state index is 0.0137. The van der Waals surface area contributed by atoms with E-state index in [1.807, 2.05) is 24.3 Å². The van der Waals surface area contributed by atoms with Crippen LogP contribution < -0.4 is 10.2 Å². The second-order valence-corrected chi connectivity index (χ2v) is 7.10. The van der Waals surface area contributed by atoms with Crippen molar-refractivity contribution in [1.82, 2.24) is 5.32 Å². The summed E-state index contributed by atoms with van der Waals surface area (Å²) in [6, 6.07) is 13.6. The molecule has 2 amide bonds. The lowest BCUT2D eigenvalue weighted by Crippen LogP contribution is -2.37. The standard InChI is InChI=1S/C20H19FN2O4S/c21-15-6-2-1-5-14(15)11-22-18(24)12-27-20(26)9-10-23-16-7-3-4-8-17(16)28-13-19(23)25/h1-8H,9-13H2,(H,22,24). The van der Waals surface area contributed by atoms with Gasteiger partial charge in [-0.15, -0.1) is 11.8 Å². The Labute approximate surface area is 166 Å². The number of carbonyl (C=O) groups excluding carboxylic acids is 3. The summed E-state index contributed by atoms with van der Waals surface area (Å²) >= 11 is 1.47. The maximum Gasteiger partial charge on any atom is 0.308 e. The predicted molar refractivity (Wildman–Crippen MR) is 103 cm³/mol. The molecule has 0 fully saturated rings. The van der Waals surface area contributed by atoms with Crippen molar-refractivity contribution < 1.29 is 23.5 Å². The van der Waals surface area contributed by atoms with E-state index in [4.69, 9.17) is 4.74 Å². The number of hydrogen-bond acceptors (Lipinski definition) is 5. The average Bonchev–Trinajstić information content (AvgIpc) is 2.71. The van der Waals surface area contributed by atoms with E-state index in [9.17, 15) is 18.8 Å². The Balaban J connectivity index is 1.43. The molecular formula is C20H19FN2O4S. The zero-order valence-corrected chi connectivity index (χ0v) is 15.8. The maximum absolute atomic E-state index is 13.5. The monoisotopic (exact) mass is 402 g/mol. The van der Waals surface area contributed by atoms with E-state index in [1.165, 1.54) is 17.8 Å². The second kappa shape index (κ2) is 9.36. The molecule has 146 valence electrons. The summed E-state index contributed by atoms with van der Waals surface area (Å²) in [7, 11) is 0. The third-order valence-electron chi connectivity index (χ3n) is 4.15. The van der Waals surface area contributed by atoms with Gasteiger partial charge in [-0.2, -0.15) is 0 Å². The van der Waals surface area contributed by atoms with Crippen molar-refractivity contribution in [1.29, 1.82) is 0 Å². The molecule has 0 aromatic heterocycles. The number of esters is 1. The Kier molecular flexibility index (Phi) is 6.65. The highest BCUT2D eigenvalue weighted by Gasteiger charge is 2.24. The van der Waals surface area contributed by atoms with Crippen LogP contribution in [0, 0.1) is 5.82 Å². The van der Waals surface area contributed by atoms with E-state index in [-0.39, 0.29) is 25.4 Å². The molecular weight excluding hydrogens is 383 g/mol. The number of hydrogen-bond donors (Lipinski definition) is 1. The fourth-order valence-corrected chi connectivity index (χ4v) is 3.64. The second-order valence-electron chi connectivity index (χ2n) is 6.08. The number of thioether (sulfide) groups is 1. The summed E-state index contributed by atoms with van der Waals surface area (Å²) in [5, 5.41) is 2.50. The Morgan fingerprint density at radius 2 is 1.89 bits per heavy atom. The van der Waals surface area contributed by atoms with E-state index in [0.29, 0.717) is 11.3 Å². The lowest BCUT2D eigenvalue weighted by atomic mass is 10.2. The van der Waals surface area contributed by atoms with Crippen molar-refractivity contribution in [2.24, 2.45) is 0 Å². The fraction of sp³-hybridized carbons (Fsp3) is 0.250. The van der Waals surface area contributed by atoms with Crippen LogP contribution in [0.3, 0.4) is 0 Å². The largest absolute Gasteiger partial charge is 0.456 e. The van der Waals surface area contributed by atoms with Gasteiger partial charge in [0, 0.05) is 23.5 Å². The molecule has 0 atom stereocenters. The molecule has 0 radical (unpaired) electrons. The van der Waals surface area contributed by atoms with Gasteiger partial charge < -0.3 is 15.0 Å². The first-order valence-electron chi connectivity index (χ1n) is 8.72. The Bertz CT molecular complexity index is 890. The molecule has 2 aromatic carbocycles. The first-order chi connectivity index (χ1) is 13.5. The number of nitrogens with one attached hydrogen (secondary N) is 1. The predicted octanol–water partition coefficient (Wildman–Crippen LogP) is 2.51. The van der Waals surface area contributed by atoms with Crippen LogP contribution in [0.15, 0.2) is 53.4 Å². The lowest BCUT2D eigenvalue weighted by Gasteiger charge is -2.28. The van der Waals surface area contributed by atoms with Crippen LogP contribution in [0.2, 0.25) is 0 Å². The molecule has 28 heavy (non-hydrogen) atoms. The van der Waals surface area contributed by atoms with Crippen LogP contribution >= 0.6 is 11.8 Å². The van der Waals surface area contributed by atoms with Gasteiger partial charge in [-0.3, -0.25) is 14.4 Å². The zero-order valence-electron chi connectivity index (χ0n) is 15.0. The number of rotatable bonds is 7. The molecule has 3 rings (SSSR count). The van der Waals surface area contributed by atoms with Gasteiger partial charge in [-0.1, -0.05) is 30.3 Å². The summed E-state index contributed by atoms with van der Waals surface area (Å²) in [6.45, 7) is -0.250. The summed E-state index contributed by atoms with van der Waals surface area (Å²) in [5.41, 5.74) is 1.13. The molecule has 1 N–H and O–H groups in total. The summed E-state index contributed by atoms with van der Waals surface area (Å²) < 4.78 is 18.4. The van der Waals surface area contributed by atoms with Gasteiger partial charge in [0.05, 0.1) is 17.9 Å². The number of anilines is 1. The topological polar surface area (TPSA) is 75.7 Å². The highest BCUT2D eigenvalue weighted by atomic mass is 32.2. The van der Waals surface area contributed by atoms with Crippen molar-refractivity contribution >= 4 is 35.2 Å². The minimum Gasteiger partial charge on any atom is -0.456 e. The van der Waals surface area contributed by atoms with Crippen molar-refractivity contribution in [3.63, 3.8) is 0 Å². The number of fused-ring (bicyclic) bond motifs is 1. The molecule has 0 bridgehead atoms. The van der Waals surface area contributed by atoms with Crippen molar-refractivity contribution in [3.8, 4) is 0 Å². The van der Waals surface area contributed by atoms with E-state index >= 15 is 0 Å². The van der Waals surface area contributed by atoms with Crippen molar-refractivity contribution in [2.45, 2.75) is 17.9 Å². The minimum atomic E-state index is -0.579. The maximum atomic E-state index is 13.5. The number of benzene rings is 2. The van der Waals surface area contributed by atoms with Crippen LogP contribution in [0.1, 0.15) is 12.0 Å². The number of carbonyl (C=O) groups is 3. The number of amides is 2. The third kappa shape index (κ3) is 5.10. The quantitative estimate of drug-likeness (QED) is 0.721. The van der Waals surface area contributed by atoms with E-state index in [0.717, 1.165) is 10.6 Å². The average molecular weight is 402 g/mol. The van der Waals surface area contributed by atoms with Crippen molar-refractivity contribution in [3.05, 3.63) is 59.9 Å². The van der Waals surface area contributed by atoms with Crippen LogP contribution in [-0.4, -0.2) is 36.7 Å².